The van der Waals surface area contributed by atoms with Gasteiger partial charge >= 0.3 is 0 Å². The van der Waals surface area contributed by atoms with Crippen LogP contribution in [-0.2, 0) is 14.4 Å². The Morgan fingerprint density at radius 1 is 1.21 bits per heavy atom. The number of anilines is 1. The number of carbonyl (C=O) groups excluding carboxylic acids is 3. The fourth-order valence-corrected chi connectivity index (χ4v) is 3.39. The third kappa shape index (κ3) is 4.55. The zero-order chi connectivity index (χ0) is 20.5. The average molecular weight is 389 g/mol. The molecule has 8 heteroatoms. The van der Waals surface area contributed by atoms with Crippen LogP contribution in [0.1, 0.15) is 27.2 Å². The van der Waals surface area contributed by atoms with Crippen LogP contribution in [0.2, 0.25) is 0 Å². The molecule has 1 fully saturated rings. The summed E-state index contributed by atoms with van der Waals surface area (Å²) in [5.74, 6) is 0.214. The zero-order valence-corrected chi connectivity index (χ0v) is 16.8. The Bertz CT molecular complexity index is 787. The minimum atomic E-state index is -0.479. The van der Waals surface area contributed by atoms with Crippen molar-refractivity contribution in [3.63, 3.8) is 0 Å². The summed E-state index contributed by atoms with van der Waals surface area (Å²) in [5, 5.41) is 2.83. The third-order valence-corrected chi connectivity index (χ3v) is 4.58. The molecule has 28 heavy (non-hydrogen) atoms. The van der Waals surface area contributed by atoms with E-state index in [9.17, 15) is 14.4 Å². The van der Waals surface area contributed by atoms with Gasteiger partial charge in [0, 0.05) is 37.3 Å². The molecule has 1 N–H and O–H groups in total. The van der Waals surface area contributed by atoms with Gasteiger partial charge in [-0.15, -0.1) is 0 Å². The van der Waals surface area contributed by atoms with Gasteiger partial charge in [-0.25, -0.2) is 0 Å². The molecule has 0 spiro atoms. The fraction of sp³-hybridized carbons (Fsp3) is 0.550. The van der Waals surface area contributed by atoms with Crippen molar-refractivity contribution in [3.8, 4) is 11.5 Å². The van der Waals surface area contributed by atoms with Gasteiger partial charge in [0.05, 0.1) is 12.5 Å². The van der Waals surface area contributed by atoms with Gasteiger partial charge in [0.2, 0.25) is 17.7 Å². The second-order valence-corrected chi connectivity index (χ2v) is 8.23. The van der Waals surface area contributed by atoms with Gasteiger partial charge in [-0.2, -0.15) is 0 Å². The predicted molar refractivity (Wildman–Crippen MR) is 103 cm³/mol. The molecule has 1 aromatic rings. The monoisotopic (exact) mass is 389 g/mol. The van der Waals surface area contributed by atoms with Gasteiger partial charge in [-0.1, -0.05) is 0 Å². The average Bonchev–Trinajstić information content (AvgIpc) is 3.00. The first-order valence-electron chi connectivity index (χ1n) is 9.40. The molecule has 1 atom stereocenters. The maximum absolute atomic E-state index is 12.7. The summed E-state index contributed by atoms with van der Waals surface area (Å²) >= 11 is 0. The van der Waals surface area contributed by atoms with E-state index in [0.29, 0.717) is 30.4 Å². The van der Waals surface area contributed by atoms with Crippen molar-refractivity contribution in [2.45, 2.75) is 32.7 Å². The number of likely N-dealkylation sites (N-methyl/N-ethyl adjacent to an activating group) is 1. The topological polar surface area (TPSA) is 88.2 Å². The lowest BCUT2D eigenvalue weighted by atomic mass is 10.1. The first kappa shape index (κ1) is 20.0. The lowest BCUT2D eigenvalue weighted by Crippen LogP contribution is -2.47. The Kier molecular flexibility index (Phi) is 5.49. The summed E-state index contributed by atoms with van der Waals surface area (Å²) in [4.78, 5) is 40.3. The smallest absolute Gasteiger partial charge is 0.240 e. The van der Waals surface area contributed by atoms with E-state index in [2.05, 4.69) is 5.32 Å². The minimum Gasteiger partial charge on any atom is -0.486 e. The molecule has 2 heterocycles. The van der Waals surface area contributed by atoms with E-state index in [1.165, 1.54) is 4.90 Å². The van der Waals surface area contributed by atoms with Crippen molar-refractivity contribution in [2.75, 3.05) is 38.3 Å². The van der Waals surface area contributed by atoms with E-state index in [1.54, 1.807) is 30.1 Å². The van der Waals surface area contributed by atoms with Gasteiger partial charge in [0.1, 0.15) is 13.2 Å². The van der Waals surface area contributed by atoms with Gasteiger partial charge in [0.15, 0.2) is 11.5 Å². The molecular weight excluding hydrogens is 362 g/mol. The third-order valence-electron chi connectivity index (χ3n) is 4.58. The van der Waals surface area contributed by atoms with Crippen LogP contribution < -0.4 is 19.7 Å². The lowest BCUT2D eigenvalue weighted by Gasteiger charge is -2.25. The molecule has 0 unspecified atom stereocenters. The van der Waals surface area contributed by atoms with Gasteiger partial charge in [0.25, 0.3) is 0 Å². The largest absolute Gasteiger partial charge is 0.486 e. The van der Waals surface area contributed by atoms with Crippen LogP contribution in [0.4, 0.5) is 5.69 Å². The van der Waals surface area contributed by atoms with Crippen LogP contribution in [0.3, 0.4) is 0 Å². The maximum Gasteiger partial charge on any atom is 0.240 e. The maximum atomic E-state index is 12.7. The second-order valence-electron chi connectivity index (χ2n) is 8.23. The number of ether oxygens (including phenoxy) is 2. The molecular formula is C20H27N3O5. The lowest BCUT2D eigenvalue weighted by molar-refractivity contribution is -0.138. The molecule has 1 saturated heterocycles. The molecule has 0 aliphatic carbocycles. The molecule has 0 saturated carbocycles. The van der Waals surface area contributed by atoms with Crippen LogP contribution >= 0.6 is 0 Å². The summed E-state index contributed by atoms with van der Waals surface area (Å²) < 4.78 is 11.1. The van der Waals surface area contributed by atoms with E-state index >= 15 is 0 Å². The molecule has 0 aromatic heterocycles. The van der Waals surface area contributed by atoms with Gasteiger partial charge in [-0.3, -0.25) is 14.4 Å². The Morgan fingerprint density at radius 2 is 1.89 bits per heavy atom. The van der Waals surface area contributed by atoms with Gasteiger partial charge < -0.3 is 24.6 Å². The summed E-state index contributed by atoms with van der Waals surface area (Å²) in [5.41, 5.74) is 0.317. The highest BCUT2D eigenvalue weighted by Gasteiger charge is 2.37. The molecule has 0 bridgehead atoms. The first-order chi connectivity index (χ1) is 13.1. The number of benzene rings is 1. The minimum absolute atomic E-state index is 0.0369. The van der Waals surface area contributed by atoms with Crippen molar-refractivity contribution < 1.29 is 23.9 Å². The highest BCUT2D eigenvalue weighted by Crippen LogP contribution is 2.36. The molecule has 1 aromatic carbocycles. The quantitative estimate of drug-likeness (QED) is 0.836. The Labute approximate surface area is 164 Å². The number of carbonyl (C=O) groups is 3. The standard InChI is InChI=1S/C20H27N3O5/c1-20(2,3)21-17(24)12-22(4)19(26)13-9-18(25)23(11-13)14-5-6-15-16(10-14)28-8-7-27-15/h5-6,10,13H,7-9,11-12H2,1-4H3,(H,21,24)/t13-/m1/s1. The fourth-order valence-electron chi connectivity index (χ4n) is 3.39. The van der Waals surface area contributed by atoms with E-state index in [0.717, 1.165) is 0 Å². The van der Waals surface area contributed by atoms with E-state index in [-0.39, 0.29) is 42.8 Å². The first-order valence-corrected chi connectivity index (χ1v) is 9.40. The Balaban J connectivity index is 1.63. The van der Waals surface area contributed by atoms with Crippen molar-refractivity contribution in [2.24, 2.45) is 5.92 Å². The molecule has 3 amide bonds. The van der Waals surface area contributed by atoms with Crippen LogP contribution in [0.15, 0.2) is 18.2 Å². The summed E-state index contributed by atoms with van der Waals surface area (Å²) in [6.07, 6.45) is 0.124. The predicted octanol–water partition coefficient (Wildman–Crippen LogP) is 1.18. The zero-order valence-electron chi connectivity index (χ0n) is 16.8. The molecule has 2 aliphatic heterocycles. The Hall–Kier alpha value is -2.77. The SMILES string of the molecule is CN(CC(=O)NC(C)(C)C)C(=O)[C@@H]1CC(=O)N(c2ccc3c(c2)OCCO3)C1. The molecule has 152 valence electrons. The van der Waals surface area contributed by atoms with Crippen molar-refractivity contribution in [3.05, 3.63) is 18.2 Å². The number of hydrogen-bond donors (Lipinski definition) is 1. The number of fused-ring (bicyclic) bond motifs is 1. The second kappa shape index (κ2) is 7.69. The van der Waals surface area contributed by atoms with Crippen molar-refractivity contribution in [1.29, 1.82) is 0 Å². The Morgan fingerprint density at radius 3 is 2.57 bits per heavy atom. The summed E-state index contributed by atoms with van der Waals surface area (Å²) in [6.45, 7) is 6.86. The van der Waals surface area contributed by atoms with Crippen LogP contribution in [-0.4, -0.2) is 61.5 Å². The normalized spacial score (nSPS) is 18.8. The van der Waals surface area contributed by atoms with Crippen LogP contribution in [0.25, 0.3) is 0 Å². The molecule has 2 aliphatic rings. The number of hydrogen-bond acceptors (Lipinski definition) is 5. The van der Waals surface area contributed by atoms with E-state index in [1.807, 2.05) is 20.8 Å². The molecule has 3 rings (SSSR count). The van der Waals surface area contributed by atoms with Gasteiger partial charge in [-0.05, 0) is 32.9 Å². The van der Waals surface area contributed by atoms with Crippen molar-refractivity contribution >= 4 is 23.4 Å². The van der Waals surface area contributed by atoms with E-state index < -0.39 is 5.92 Å². The van der Waals surface area contributed by atoms with Crippen molar-refractivity contribution in [1.82, 2.24) is 10.2 Å². The number of nitrogens with zero attached hydrogens (tertiary/aromatic N) is 2. The number of rotatable bonds is 4. The molecule has 8 nitrogen and oxygen atoms in total. The number of amides is 3. The highest BCUT2D eigenvalue weighted by atomic mass is 16.6. The molecule has 0 radical (unpaired) electrons. The van der Waals surface area contributed by atoms with Crippen LogP contribution in [0.5, 0.6) is 11.5 Å². The summed E-state index contributed by atoms with van der Waals surface area (Å²) in [6, 6.07) is 5.33. The highest BCUT2D eigenvalue weighted by molar-refractivity contribution is 6.01. The van der Waals surface area contributed by atoms with Crippen LogP contribution in [0, 0.1) is 5.92 Å². The van der Waals surface area contributed by atoms with E-state index in [4.69, 9.17) is 9.47 Å². The summed E-state index contributed by atoms with van der Waals surface area (Å²) in [7, 11) is 1.59. The number of nitrogens with one attached hydrogen (secondary N) is 1.